The van der Waals surface area contributed by atoms with Gasteiger partial charge in [0.2, 0.25) is 0 Å². The second-order valence-electron chi connectivity index (χ2n) is 4.95. The van der Waals surface area contributed by atoms with Gasteiger partial charge >= 0.3 is 5.97 Å². The van der Waals surface area contributed by atoms with Gasteiger partial charge in [-0.25, -0.2) is 4.98 Å². The molecule has 0 aliphatic carbocycles. The van der Waals surface area contributed by atoms with Crippen molar-refractivity contribution in [1.82, 2.24) is 4.98 Å². The number of nitrogens with one attached hydrogen (secondary N) is 1. The van der Waals surface area contributed by atoms with Crippen LogP contribution in [0.2, 0.25) is 0 Å². The van der Waals surface area contributed by atoms with Crippen LogP contribution in [0.15, 0.2) is 30.5 Å². The van der Waals surface area contributed by atoms with Crippen molar-refractivity contribution in [2.45, 2.75) is 19.4 Å². The molecule has 0 aliphatic rings. The van der Waals surface area contributed by atoms with E-state index < -0.39 is 5.97 Å². The Morgan fingerprint density at radius 2 is 2.24 bits per heavy atom. The van der Waals surface area contributed by atoms with E-state index in [4.69, 9.17) is 5.11 Å². The fourth-order valence-corrected chi connectivity index (χ4v) is 2.64. The van der Waals surface area contributed by atoms with Crippen LogP contribution in [0.1, 0.15) is 16.9 Å². The van der Waals surface area contributed by atoms with E-state index in [0.717, 1.165) is 21.3 Å². The Morgan fingerprint density at radius 1 is 1.43 bits per heavy atom. The van der Waals surface area contributed by atoms with Crippen LogP contribution in [0, 0.1) is 0 Å². The van der Waals surface area contributed by atoms with Crippen LogP contribution in [0.5, 0.6) is 0 Å². The SMILES string of the molecule is CN(C)c1ncc(CNc2cccc(CCC(=O)O)c2)s1. The Labute approximate surface area is 128 Å². The van der Waals surface area contributed by atoms with E-state index in [0.29, 0.717) is 13.0 Å². The zero-order valence-electron chi connectivity index (χ0n) is 12.2. The number of aromatic nitrogens is 1. The third-order valence-electron chi connectivity index (χ3n) is 2.95. The Hall–Kier alpha value is -2.08. The summed E-state index contributed by atoms with van der Waals surface area (Å²) in [5.74, 6) is -0.769. The van der Waals surface area contributed by atoms with Crippen molar-refractivity contribution >= 4 is 28.1 Å². The highest BCUT2D eigenvalue weighted by Crippen LogP contribution is 2.21. The first-order chi connectivity index (χ1) is 10.0. The molecule has 1 heterocycles. The van der Waals surface area contributed by atoms with Crippen molar-refractivity contribution in [3.63, 3.8) is 0 Å². The number of nitrogens with zero attached hydrogens (tertiary/aromatic N) is 2. The lowest BCUT2D eigenvalue weighted by Crippen LogP contribution is -2.07. The number of hydrogen-bond donors (Lipinski definition) is 2. The van der Waals surface area contributed by atoms with Crippen LogP contribution in [-0.4, -0.2) is 30.2 Å². The second kappa shape index (κ2) is 7.08. The summed E-state index contributed by atoms with van der Waals surface area (Å²) >= 11 is 1.65. The number of aryl methyl sites for hydroxylation is 1. The first-order valence-electron chi connectivity index (χ1n) is 6.71. The summed E-state index contributed by atoms with van der Waals surface area (Å²) in [5.41, 5.74) is 2.03. The average Bonchev–Trinajstić information content (AvgIpc) is 2.92. The topological polar surface area (TPSA) is 65.5 Å². The monoisotopic (exact) mass is 305 g/mol. The number of benzene rings is 1. The third kappa shape index (κ3) is 4.75. The van der Waals surface area contributed by atoms with Gasteiger partial charge in [0.15, 0.2) is 5.13 Å². The van der Waals surface area contributed by atoms with E-state index in [2.05, 4.69) is 10.3 Å². The van der Waals surface area contributed by atoms with E-state index in [1.54, 1.807) is 11.3 Å². The third-order valence-corrected chi connectivity index (χ3v) is 4.11. The van der Waals surface area contributed by atoms with E-state index in [9.17, 15) is 4.79 Å². The average molecular weight is 305 g/mol. The van der Waals surface area contributed by atoms with Crippen LogP contribution in [-0.2, 0) is 17.8 Å². The van der Waals surface area contributed by atoms with Crippen LogP contribution < -0.4 is 10.2 Å². The highest BCUT2D eigenvalue weighted by atomic mass is 32.1. The maximum absolute atomic E-state index is 10.6. The van der Waals surface area contributed by atoms with Crippen molar-refractivity contribution in [1.29, 1.82) is 0 Å². The number of carboxylic acid groups (broad SMARTS) is 1. The van der Waals surface area contributed by atoms with Crippen LogP contribution in [0.3, 0.4) is 0 Å². The molecule has 112 valence electrons. The molecule has 1 aromatic carbocycles. The highest BCUT2D eigenvalue weighted by Gasteiger charge is 2.04. The molecule has 0 radical (unpaired) electrons. The second-order valence-corrected chi connectivity index (χ2v) is 6.04. The Bertz CT molecular complexity index is 610. The molecule has 0 fully saturated rings. The fourth-order valence-electron chi connectivity index (χ4n) is 1.86. The summed E-state index contributed by atoms with van der Waals surface area (Å²) in [6.45, 7) is 0.716. The molecule has 1 aromatic heterocycles. The molecule has 0 atom stereocenters. The number of thiazole rings is 1. The van der Waals surface area contributed by atoms with Crippen LogP contribution in [0.25, 0.3) is 0 Å². The first-order valence-corrected chi connectivity index (χ1v) is 7.53. The zero-order valence-corrected chi connectivity index (χ0v) is 13.0. The summed E-state index contributed by atoms with van der Waals surface area (Å²) in [7, 11) is 3.95. The Kier molecular flexibility index (Phi) is 5.16. The minimum absolute atomic E-state index is 0.157. The lowest BCUT2D eigenvalue weighted by Gasteiger charge is -2.07. The maximum atomic E-state index is 10.6. The number of aliphatic carboxylic acids is 1. The molecule has 0 spiro atoms. The summed E-state index contributed by atoms with van der Waals surface area (Å²) in [5, 5.41) is 13.1. The molecule has 0 saturated carbocycles. The molecule has 0 bridgehead atoms. The molecule has 0 unspecified atom stereocenters. The number of rotatable bonds is 7. The number of anilines is 2. The summed E-state index contributed by atoms with van der Waals surface area (Å²) < 4.78 is 0. The lowest BCUT2D eigenvalue weighted by atomic mass is 10.1. The molecule has 0 amide bonds. The van der Waals surface area contributed by atoms with Gasteiger partial charge in [0.1, 0.15) is 0 Å². The van der Waals surface area contributed by atoms with Gasteiger partial charge in [-0.05, 0) is 24.1 Å². The Morgan fingerprint density at radius 3 is 2.90 bits per heavy atom. The molecular formula is C15H19N3O2S. The predicted octanol–water partition coefficient (Wildman–Crippen LogP) is 2.84. The molecule has 6 heteroatoms. The lowest BCUT2D eigenvalue weighted by molar-refractivity contribution is -0.136. The fraction of sp³-hybridized carbons (Fsp3) is 0.333. The van der Waals surface area contributed by atoms with Gasteiger partial charge in [0.25, 0.3) is 0 Å². The smallest absolute Gasteiger partial charge is 0.303 e. The van der Waals surface area contributed by atoms with Crippen LogP contribution >= 0.6 is 11.3 Å². The van der Waals surface area contributed by atoms with E-state index in [1.165, 1.54) is 0 Å². The quantitative estimate of drug-likeness (QED) is 0.823. The molecule has 0 aliphatic heterocycles. The highest BCUT2D eigenvalue weighted by molar-refractivity contribution is 7.15. The van der Waals surface area contributed by atoms with Crippen molar-refractivity contribution in [2.24, 2.45) is 0 Å². The minimum atomic E-state index is -0.769. The normalized spacial score (nSPS) is 10.4. The van der Waals surface area contributed by atoms with E-state index >= 15 is 0 Å². The first kappa shape index (κ1) is 15.3. The molecule has 2 rings (SSSR count). The zero-order chi connectivity index (χ0) is 15.2. The minimum Gasteiger partial charge on any atom is -0.481 e. The van der Waals surface area contributed by atoms with Gasteiger partial charge in [0.05, 0.1) is 6.54 Å². The summed E-state index contributed by atoms with van der Waals surface area (Å²) in [6.07, 6.45) is 2.59. The van der Waals surface area contributed by atoms with Gasteiger partial charge < -0.3 is 15.3 Å². The molecule has 2 N–H and O–H groups in total. The molecule has 0 saturated heterocycles. The largest absolute Gasteiger partial charge is 0.481 e. The summed E-state index contributed by atoms with van der Waals surface area (Å²) in [6, 6.07) is 7.87. The van der Waals surface area contributed by atoms with Gasteiger partial charge in [-0.1, -0.05) is 12.1 Å². The van der Waals surface area contributed by atoms with E-state index in [-0.39, 0.29) is 6.42 Å². The molecule has 5 nitrogen and oxygen atoms in total. The van der Waals surface area contributed by atoms with Gasteiger partial charge in [0, 0.05) is 37.3 Å². The van der Waals surface area contributed by atoms with Crippen LogP contribution in [0.4, 0.5) is 10.8 Å². The molecular weight excluding hydrogens is 286 g/mol. The predicted molar refractivity (Wildman–Crippen MR) is 86.2 cm³/mol. The number of hydrogen-bond acceptors (Lipinski definition) is 5. The standard InChI is InChI=1S/C15H19N3O2S/c1-18(2)15-17-10-13(21-15)9-16-12-5-3-4-11(8-12)6-7-14(19)20/h3-5,8,10,16H,6-7,9H2,1-2H3,(H,19,20). The number of carbonyl (C=O) groups is 1. The number of carboxylic acids is 1. The Balaban J connectivity index is 1.93. The maximum Gasteiger partial charge on any atom is 0.303 e. The van der Waals surface area contributed by atoms with Crippen molar-refractivity contribution in [2.75, 3.05) is 24.3 Å². The van der Waals surface area contributed by atoms with Gasteiger partial charge in [-0.2, -0.15) is 0 Å². The van der Waals surface area contributed by atoms with Crippen molar-refractivity contribution in [3.8, 4) is 0 Å². The summed E-state index contributed by atoms with van der Waals surface area (Å²) in [4.78, 5) is 18.1. The van der Waals surface area contributed by atoms with Crippen molar-refractivity contribution < 1.29 is 9.90 Å². The van der Waals surface area contributed by atoms with Gasteiger partial charge in [-0.3, -0.25) is 4.79 Å². The van der Waals surface area contributed by atoms with Crippen molar-refractivity contribution in [3.05, 3.63) is 40.9 Å². The molecule has 21 heavy (non-hydrogen) atoms. The van der Waals surface area contributed by atoms with Gasteiger partial charge in [-0.15, -0.1) is 11.3 Å². The molecule has 2 aromatic rings. The van der Waals surface area contributed by atoms with E-state index in [1.807, 2.05) is 49.5 Å².